The van der Waals surface area contributed by atoms with Gasteiger partial charge in [0, 0.05) is 23.9 Å². The molecule has 1 aliphatic heterocycles. The quantitative estimate of drug-likeness (QED) is 0.482. The number of thiophene rings is 1. The van der Waals surface area contributed by atoms with Gasteiger partial charge in [-0.2, -0.15) is 0 Å². The summed E-state index contributed by atoms with van der Waals surface area (Å²) >= 11 is 1.55. The first-order valence-electron chi connectivity index (χ1n) is 10.6. The lowest BCUT2D eigenvalue weighted by Gasteiger charge is -2.36. The van der Waals surface area contributed by atoms with E-state index in [0.717, 1.165) is 32.7 Å². The third-order valence-electron chi connectivity index (χ3n) is 6.07. The number of benzene rings is 2. The fourth-order valence-corrected chi connectivity index (χ4v) is 5.44. The molecule has 1 amide bonds. The Morgan fingerprint density at radius 2 is 1.85 bits per heavy atom. The monoisotopic (exact) mass is 460 g/mol. The Balaban J connectivity index is 1.71. The van der Waals surface area contributed by atoms with Crippen LogP contribution < -0.4 is 20.1 Å². The molecule has 0 aliphatic carbocycles. The van der Waals surface area contributed by atoms with Crippen molar-refractivity contribution in [2.45, 2.75) is 25.9 Å². The molecule has 7 nitrogen and oxygen atoms in total. The molecular formula is C25H24N4O3S. The highest BCUT2D eigenvalue weighted by atomic mass is 32.1. The summed E-state index contributed by atoms with van der Waals surface area (Å²) < 4.78 is 10.9. The molecule has 0 bridgehead atoms. The Morgan fingerprint density at radius 1 is 1.09 bits per heavy atom. The van der Waals surface area contributed by atoms with E-state index in [9.17, 15) is 4.79 Å². The van der Waals surface area contributed by atoms with Crippen molar-refractivity contribution in [2.75, 3.05) is 19.1 Å². The number of methoxy groups -OCH3 is 2. The maximum atomic E-state index is 12.5. The van der Waals surface area contributed by atoms with Crippen LogP contribution in [0.15, 0.2) is 47.8 Å². The summed E-state index contributed by atoms with van der Waals surface area (Å²) in [6, 6.07) is 13.5. The van der Waals surface area contributed by atoms with Crippen molar-refractivity contribution < 1.29 is 14.3 Å². The van der Waals surface area contributed by atoms with Gasteiger partial charge in [-0.1, -0.05) is 30.3 Å². The van der Waals surface area contributed by atoms with Gasteiger partial charge in [0.05, 0.1) is 19.6 Å². The van der Waals surface area contributed by atoms with Gasteiger partial charge in [0.15, 0.2) is 11.5 Å². The third kappa shape index (κ3) is 3.66. The van der Waals surface area contributed by atoms with Crippen molar-refractivity contribution in [1.29, 1.82) is 0 Å². The second kappa shape index (κ2) is 8.37. The summed E-state index contributed by atoms with van der Waals surface area (Å²) in [5.74, 6) is 2.32. The van der Waals surface area contributed by atoms with E-state index in [0.29, 0.717) is 30.3 Å². The Morgan fingerprint density at radius 3 is 2.58 bits per heavy atom. The zero-order valence-corrected chi connectivity index (χ0v) is 19.5. The van der Waals surface area contributed by atoms with E-state index in [2.05, 4.69) is 22.5 Å². The van der Waals surface area contributed by atoms with E-state index < -0.39 is 6.04 Å². The van der Waals surface area contributed by atoms with Crippen LogP contribution in [-0.4, -0.2) is 36.1 Å². The Kier molecular flexibility index (Phi) is 5.38. The summed E-state index contributed by atoms with van der Waals surface area (Å²) in [6.45, 7) is 2.42. The minimum absolute atomic E-state index is 0.364. The van der Waals surface area contributed by atoms with Gasteiger partial charge in [0.2, 0.25) is 5.91 Å². The van der Waals surface area contributed by atoms with Crippen molar-refractivity contribution >= 4 is 33.3 Å². The number of hydrogen-bond donors (Lipinski definition) is 1. The molecule has 2 aromatic heterocycles. The van der Waals surface area contributed by atoms with Crippen molar-refractivity contribution in [3.63, 3.8) is 0 Å². The van der Waals surface area contributed by atoms with Crippen LogP contribution in [0, 0.1) is 6.92 Å². The van der Waals surface area contributed by atoms with Crippen molar-refractivity contribution in [1.82, 2.24) is 9.97 Å². The van der Waals surface area contributed by atoms with Crippen molar-refractivity contribution in [3.8, 4) is 22.6 Å². The first kappa shape index (κ1) is 21.2. The van der Waals surface area contributed by atoms with Crippen LogP contribution in [0.2, 0.25) is 0 Å². The third-order valence-corrected chi connectivity index (χ3v) is 6.94. The van der Waals surface area contributed by atoms with Crippen LogP contribution >= 0.6 is 11.3 Å². The van der Waals surface area contributed by atoms with Gasteiger partial charge in [-0.3, -0.25) is 4.79 Å². The van der Waals surface area contributed by atoms with Crippen LogP contribution in [-0.2, 0) is 17.8 Å². The molecular weight excluding hydrogens is 436 g/mol. The van der Waals surface area contributed by atoms with Gasteiger partial charge in [-0.05, 0) is 35.7 Å². The van der Waals surface area contributed by atoms with Crippen LogP contribution in [0.25, 0.3) is 21.3 Å². The summed E-state index contributed by atoms with van der Waals surface area (Å²) in [5.41, 5.74) is 10.1. The zero-order valence-electron chi connectivity index (χ0n) is 18.7. The number of aromatic nitrogens is 2. The average Bonchev–Trinajstić information content (AvgIpc) is 3.25. The highest BCUT2D eigenvalue weighted by Gasteiger charge is 2.33. The molecule has 1 aliphatic rings. The maximum Gasteiger partial charge on any atom is 0.240 e. The number of aryl methyl sites for hydroxylation is 1. The first-order chi connectivity index (χ1) is 16.0. The second-order valence-corrected chi connectivity index (χ2v) is 8.87. The predicted molar refractivity (Wildman–Crippen MR) is 130 cm³/mol. The lowest BCUT2D eigenvalue weighted by Crippen LogP contribution is -2.49. The van der Waals surface area contributed by atoms with Gasteiger partial charge >= 0.3 is 0 Å². The number of fused-ring (bicyclic) bond motifs is 2. The molecule has 33 heavy (non-hydrogen) atoms. The number of rotatable bonds is 5. The van der Waals surface area contributed by atoms with Crippen molar-refractivity contribution in [3.05, 3.63) is 64.8 Å². The maximum absolute atomic E-state index is 12.5. The predicted octanol–water partition coefficient (Wildman–Crippen LogP) is 4.10. The van der Waals surface area contributed by atoms with E-state index in [4.69, 9.17) is 20.2 Å². The average molecular weight is 461 g/mol. The normalized spacial score (nSPS) is 15.4. The Bertz CT molecular complexity index is 1370. The lowest BCUT2D eigenvalue weighted by molar-refractivity contribution is -0.119. The molecule has 8 heteroatoms. The van der Waals surface area contributed by atoms with Gasteiger partial charge in [-0.25, -0.2) is 9.97 Å². The Hall–Kier alpha value is -3.65. The minimum atomic E-state index is -0.490. The summed E-state index contributed by atoms with van der Waals surface area (Å²) in [7, 11) is 3.23. The molecule has 2 aromatic carbocycles. The summed E-state index contributed by atoms with van der Waals surface area (Å²) in [4.78, 5) is 24.9. The minimum Gasteiger partial charge on any atom is -0.493 e. The van der Waals surface area contributed by atoms with Crippen molar-refractivity contribution in [2.24, 2.45) is 5.73 Å². The van der Waals surface area contributed by atoms with Crippen LogP contribution in [0.1, 0.15) is 17.0 Å². The number of anilines is 1. The molecule has 0 radical (unpaired) electrons. The molecule has 2 N–H and O–H groups in total. The fourth-order valence-electron chi connectivity index (χ4n) is 4.45. The number of primary amides is 1. The Labute approximate surface area is 195 Å². The van der Waals surface area contributed by atoms with E-state index in [1.807, 2.05) is 42.2 Å². The molecule has 1 atom stereocenters. The van der Waals surface area contributed by atoms with Gasteiger partial charge < -0.3 is 20.1 Å². The van der Waals surface area contributed by atoms with E-state index >= 15 is 0 Å². The molecule has 168 valence electrons. The van der Waals surface area contributed by atoms with Gasteiger partial charge in [0.25, 0.3) is 0 Å². The number of amides is 1. The number of nitrogens with two attached hydrogens (primary N) is 1. The molecule has 0 spiro atoms. The molecule has 0 saturated heterocycles. The molecule has 0 saturated carbocycles. The van der Waals surface area contributed by atoms with Gasteiger partial charge in [-0.15, -0.1) is 11.3 Å². The number of ether oxygens (including phenoxy) is 2. The second-order valence-electron chi connectivity index (χ2n) is 8.01. The molecule has 5 rings (SSSR count). The van der Waals surface area contributed by atoms with Crippen LogP contribution in [0.3, 0.4) is 0 Å². The van der Waals surface area contributed by atoms with Crippen LogP contribution in [0.4, 0.5) is 5.82 Å². The first-order valence-corrected chi connectivity index (χ1v) is 11.5. The number of nitrogens with zero attached hydrogens (tertiary/aromatic N) is 3. The summed E-state index contributed by atoms with van der Waals surface area (Å²) in [5, 5.41) is 2.98. The highest BCUT2D eigenvalue weighted by Crippen LogP contribution is 2.42. The van der Waals surface area contributed by atoms with Gasteiger partial charge in [0.1, 0.15) is 22.5 Å². The van der Waals surface area contributed by atoms with E-state index in [1.165, 1.54) is 5.56 Å². The SMILES string of the molecule is COc1ccc(-c2csc3nc(C)nc(N4Cc5ccccc5CC4C(N)=O)c23)cc1OC. The molecule has 3 heterocycles. The molecule has 0 fully saturated rings. The lowest BCUT2D eigenvalue weighted by atomic mass is 9.93. The number of carbonyl (C=O) groups is 1. The molecule has 4 aromatic rings. The fraction of sp³-hybridized carbons (Fsp3) is 0.240. The summed E-state index contributed by atoms with van der Waals surface area (Å²) in [6.07, 6.45) is 0.547. The number of hydrogen-bond acceptors (Lipinski definition) is 7. The number of carbonyl (C=O) groups excluding carboxylic acids is 1. The van der Waals surface area contributed by atoms with E-state index in [1.54, 1.807) is 25.6 Å². The zero-order chi connectivity index (χ0) is 23.1. The van der Waals surface area contributed by atoms with Crippen LogP contribution in [0.5, 0.6) is 11.5 Å². The van der Waals surface area contributed by atoms with E-state index in [-0.39, 0.29) is 5.91 Å². The largest absolute Gasteiger partial charge is 0.493 e. The molecule has 1 unspecified atom stereocenters. The smallest absolute Gasteiger partial charge is 0.240 e. The topological polar surface area (TPSA) is 90.6 Å². The standard InChI is InChI=1S/C25H24N4O3S/c1-14-27-24(29-12-17-7-5-4-6-15(17)10-19(29)23(26)30)22-18(13-33-25(22)28-14)16-8-9-20(31-2)21(11-16)32-3/h4-9,11,13,19H,10,12H2,1-3H3,(H2,26,30). The highest BCUT2D eigenvalue weighted by molar-refractivity contribution is 7.17.